The van der Waals surface area contributed by atoms with Crippen LogP contribution in [0.4, 0.5) is 15.8 Å². The highest BCUT2D eigenvalue weighted by Gasteiger charge is 2.34. The monoisotopic (exact) mass is 373 g/mol. The molecule has 0 aliphatic carbocycles. The number of halogens is 1. The van der Waals surface area contributed by atoms with Gasteiger partial charge in [0.1, 0.15) is 11.4 Å². The van der Waals surface area contributed by atoms with Crippen molar-refractivity contribution in [3.05, 3.63) is 63.5 Å². The summed E-state index contributed by atoms with van der Waals surface area (Å²) in [7, 11) is 1.21. The summed E-state index contributed by atoms with van der Waals surface area (Å²) in [6.45, 7) is 0. The van der Waals surface area contributed by atoms with Gasteiger partial charge in [0.15, 0.2) is 5.75 Å². The number of phenols is 1. The molecule has 10 heteroatoms. The molecule has 1 heterocycles. The third-order valence-electron chi connectivity index (χ3n) is 3.78. The molecule has 1 fully saturated rings. The van der Waals surface area contributed by atoms with Crippen molar-refractivity contribution in [3.63, 3.8) is 0 Å². The highest BCUT2D eigenvalue weighted by Crippen LogP contribution is 2.37. The first-order valence-electron chi connectivity index (χ1n) is 7.50. The summed E-state index contributed by atoms with van der Waals surface area (Å²) < 4.78 is 17.9. The van der Waals surface area contributed by atoms with Gasteiger partial charge in [0, 0.05) is 6.07 Å². The minimum Gasteiger partial charge on any atom is -0.500 e. The van der Waals surface area contributed by atoms with E-state index in [0.717, 1.165) is 29.3 Å². The zero-order chi connectivity index (χ0) is 19.7. The lowest BCUT2D eigenvalue weighted by atomic mass is 10.1. The number of nitro benzene ring substituents is 1. The standard InChI is InChI=1S/C17H12FN3O6/c1-27-14-8-9(7-13(15(14)22)21(25)26)6-12-16(23)19-20(17(12)24)11-4-2-10(18)3-5-11/h2-8,22H,1H3,(H,19,23)/b12-6-. The molecule has 0 atom stereocenters. The zero-order valence-corrected chi connectivity index (χ0v) is 13.8. The summed E-state index contributed by atoms with van der Waals surface area (Å²) in [5, 5.41) is 21.8. The number of amides is 2. The summed E-state index contributed by atoms with van der Waals surface area (Å²) in [5.74, 6) is -2.81. The lowest BCUT2D eigenvalue weighted by molar-refractivity contribution is -0.386. The summed E-state index contributed by atoms with van der Waals surface area (Å²) in [6, 6.07) is 7.13. The lowest BCUT2D eigenvalue weighted by Crippen LogP contribution is -2.35. The van der Waals surface area contributed by atoms with E-state index >= 15 is 0 Å². The molecule has 1 saturated heterocycles. The molecule has 0 aromatic heterocycles. The van der Waals surface area contributed by atoms with Crippen molar-refractivity contribution in [2.75, 3.05) is 12.1 Å². The smallest absolute Gasteiger partial charge is 0.315 e. The molecule has 1 aliphatic rings. The van der Waals surface area contributed by atoms with Gasteiger partial charge in [-0.2, -0.15) is 0 Å². The molecule has 0 unspecified atom stereocenters. The molecule has 9 nitrogen and oxygen atoms in total. The normalized spacial score (nSPS) is 15.2. The van der Waals surface area contributed by atoms with Crippen LogP contribution < -0.4 is 15.2 Å². The van der Waals surface area contributed by atoms with Crippen LogP contribution in [0.1, 0.15) is 5.56 Å². The number of hydrazine groups is 1. The number of phenolic OH excluding ortho intramolecular Hbond substituents is 1. The molecule has 27 heavy (non-hydrogen) atoms. The molecule has 2 aromatic rings. The van der Waals surface area contributed by atoms with Crippen LogP contribution in [0.2, 0.25) is 0 Å². The molecule has 0 saturated carbocycles. The van der Waals surface area contributed by atoms with E-state index in [-0.39, 0.29) is 22.6 Å². The van der Waals surface area contributed by atoms with E-state index in [4.69, 9.17) is 4.74 Å². The summed E-state index contributed by atoms with van der Waals surface area (Å²) >= 11 is 0. The molecule has 2 N–H and O–H groups in total. The Morgan fingerprint density at radius 2 is 1.93 bits per heavy atom. The molecule has 1 aliphatic heterocycles. The van der Waals surface area contributed by atoms with Gasteiger partial charge in [-0.15, -0.1) is 0 Å². The number of hydrogen-bond acceptors (Lipinski definition) is 6. The van der Waals surface area contributed by atoms with Gasteiger partial charge >= 0.3 is 5.69 Å². The molecule has 2 aromatic carbocycles. The first kappa shape index (κ1) is 17.9. The molecule has 0 bridgehead atoms. The zero-order valence-electron chi connectivity index (χ0n) is 13.8. The highest BCUT2D eigenvalue weighted by atomic mass is 19.1. The van der Waals surface area contributed by atoms with Crippen LogP contribution in [-0.2, 0) is 9.59 Å². The average molecular weight is 373 g/mol. The maximum atomic E-state index is 13.0. The predicted octanol–water partition coefficient (Wildman–Crippen LogP) is 1.91. The number of nitrogens with zero attached hydrogens (tertiary/aromatic N) is 2. The quantitative estimate of drug-likeness (QED) is 0.365. The van der Waals surface area contributed by atoms with E-state index in [2.05, 4.69) is 5.43 Å². The van der Waals surface area contributed by atoms with E-state index < -0.39 is 34.0 Å². The van der Waals surface area contributed by atoms with Crippen molar-refractivity contribution >= 4 is 29.3 Å². The summed E-state index contributed by atoms with van der Waals surface area (Å²) in [5.41, 5.74) is 1.75. The SMILES string of the molecule is COc1cc(/C=C2/C(=O)NN(c3ccc(F)cc3)C2=O)cc([N+](=O)[O-])c1O. The van der Waals surface area contributed by atoms with E-state index in [1.165, 1.54) is 25.3 Å². The van der Waals surface area contributed by atoms with Gasteiger partial charge in [-0.1, -0.05) is 0 Å². The van der Waals surface area contributed by atoms with Crippen LogP contribution in [0.15, 0.2) is 42.0 Å². The fraction of sp³-hybridized carbons (Fsp3) is 0.0588. The largest absolute Gasteiger partial charge is 0.500 e. The van der Waals surface area contributed by atoms with Crippen molar-refractivity contribution in [2.24, 2.45) is 0 Å². The maximum Gasteiger partial charge on any atom is 0.315 e. The topological polar surface area (TPSA) is 122 Å². The number of carbonyl (C=O) groups is 2. The number of nitro groups is 1. The Hall–Kier alpha value is -3.95. The van der Waals surface area contributed by atoms with Crippen LogP contribution >= 0.6 is 0 Å². The number of ether oxygens (including phenoxy) is 1. The van der Waals surface area contributed by atoms with Crippen LogP contribution in [0.25, 0.3) is 6.08 Å². The summed E-state index contributed by atoms with van der Waals surface area (Å²) in [4.78, 5) is 34.9. The fourth-order valence-electron chi connectivity index (χ4n) is 2.49. The molecule has 138 valence electrons. The third-order valence-corrected chi connectivity index (χ3v) is 3.78. The number of aromatic hydroxyl groups is 1. The predicted molar refractivity (Wildman–Crippen MR) is 91.3 cm³/mol. The van der Waals surface area contributed by atoms with Gasteiger partial charge in [0.05, 0.1) is 17.7 Å². The number of carbonyl (C=O) groups excluding carboxylic acids is 2. The average Bonchev–Trinajstić information content (AvgIpc) is 2.91. The number of nitrogens with one attached hydrogen (secondary N) is 1. The molecule has 0 spiro atoms. The highest BCUT2D eigenvalue weighted by molar-refractivity contribution is 6.31. The third kappa shape index (κ3) is 3.27. The molecule has 3 rings (SSSR count). The van der Waals surface area contributed by atoms with Crippen LogP contribution in [0.5, 0.6) is 11.5 Å². The Morgan fingerprint density at radius 1 is 1.26 bits per heavy atom. The summed E-state index contributed by atoms with van der Waals surface area (Å²) in [6.07, 6.45) is 1.14. The van der Waals surface area contributed by atoms with Gasteiger partial charge in [0.25, 0.3) is 11.8 Å². The first-order valence-corrected chi connectivity index (χ1v) is 7.50. The lowest BCUT2D eigenvalue weighted by Gasteiger charge is -2.14. The van der Waals surface area contributed by atoms with E-state index in [1.807, 2.05) is 0 Å². The molecule has 0 radical (unpaired) electrons. The Kier molecular flexibility index (Phi) is 4.46. The molecular formula is C17H12FN3O6. The van der Waals surface area contributed by atoms with Crippen molar-refractivity contribution in [1.82, 2.24) is 5.43 Å². The maximum absolute atomic E-state index is 13.0. The van der Waals surface area contributed by atoms with Gasteiger partial charge in [-0.25, -0.2) is 9.40 Å². The Bertz CT molecular complexity index is 987. The van der Waals surface area contributed by atoms with Gasteiger partial charge < -0.3 is 9.84 Å². The Morgan fingerprint density at radius 3 is 2.52 bits per heavy atom. The first-order chi connectivity index (χ1) is 12.8. The van der Waals surface area contributed by atoms with Crippen molar-refractivity contribution in [2.45, 2.75) is 0 Å². The number of methoxy groups -OCH3 is 1. The molecular weight excluding hydrogens is 361 g/mol. The van der Waals surface area contributed by atoms with Crippen molar-refractivity contribution < 1.29 is 28.7 Å². The van der Waals surface area contributed by atoms with Crippen LogP contribution in [0.3, 0.4) is 0 Å². The van der Waals surface area contributed by atoms with Gasteiger partial charge in [-0.3, -0.25) is 25.1 Å². The van der Waals surface area contributed by atoms with Crippen LogP contribution in [0, 0.1) is 15.9 Å². The van der Waals surface area contributed by atoms with Crippen molar-refractivity contribution in [3.8, 4) is 11.5 Å². The van der Waals surface area contributed by atoms with E-state index in [9.17, 15) is 29.2 Å². The van der Waals surface area contributed by atoms with E-state index in [0.29, 0.717) is 0 Å². The van der Waals surface area contributed by atoms with Gasteiger partial charge in [0.2, 0.25) is 5.75 Å². The minimum atomic E-state index is -0.818. The second-order valence-electron chi connectivity index (χ2n) is 5.46. The number of hydrogen-bond donors (Lipinski definition) is 2. The van der Waals surface area contributed by atoms with E-state index in [1.54, 1.807) is 0 Å². The Labute approximate surface area is 151 Å². The number of anilines is 1. The number of rotatable bonds is 4. The second-order valence-corrected chi connectivity index (χ2v) is 5.46. The minimum absolute atomic E-state index is 0.107. The van der Waals surface area contributed by atoms with Crippen LogP contribution in [-0.4, -0.2) is 29.0 Å². The Balaban J connectivity index is 2.01. The second kappa shape index (κ2) is 6.75. The van der Waals surface area contributed by atoms with Crippen molar-refractivity contribution in [1.29, 1.82) is 0 Å². The van der Waals surface area contributed by atoms with Gasteiger partial charge in [-0.05, 0) is 42.0 Å². The molecule has 2 amide bonds. The fourth-order valence-corrected chi connectivity index (χ4v) is 2.49. The number of benzene rings is 2.